The van der Waals surface area contributed by atoms with E-state index in [1.807, 2.05) is 24.3 Å². The summed E-state index contributed by atoms with van der Waals surface area (Å²) >= 11 is 20.8. The predicted octanol–water partition coefficient (Wildman–Crippen LogP) is 5.99. The third-order valence-corrected chi connectivity index (χ3v) is 6.10. The topological polar surface area (TPSA) is 42.0 Å². The molecule has 1 aromatic heterocycles. The van der Waals surface area contributed by atoms with Crippen LogP contribution in [0.5, 0.6) is 0 Å². The molecule has 3 nitrogen and oxygen atoms in total. The van der Waals surface area contributed by atoms with Crippen LogP contribution in [0.3, 0.4) is 0 Å². The lowest BCUT2D eigenvalue weighted by atomic mass is 10.3. The molecule has 0 aliphatic rings. The molecular formula is C15H9Cl3N2OS2. The van der Waals surface area contributed by atoms with Crippen LogP contribution in [0.25, 0.3) is 10.2 Å². The number of carbonyl (C=O) groups excluding carboxylic acids is 1. The summed E-state index contributed by atoms with van der Waals surface area (Å²) in [5.74, 6) is 0.0469. The molecule has 1 amide bonds. The number of nitrogens with one attached hydrogen (secondary N) is 1. The Morgan fingerprint density at radius 3 is 2.65 bits per heavy atom. The molecule has 0 bridgehead atoms. The van der Waals surface area contributed by atoms with Gasteiger partial charge in [0.15, 0.2) is 4.34 Å². The van der Waals surface area contributed by atoms with Crippen LogP contribution in [0, 0.1) is 0 Å². The minimum absolute atomic E-state index is 0.186. The van der Waals surface area contributed by atoms with E-state index in [1.165, 1.54) is 23.9 Å². The van der Waals surface area contributed by atoms with Crippen molar-refractivity contribution in [1.29, 1.82) is 0 Å². The van der Waals surface area contributed by atoms with Crippen molar-refractivity contribution in [3.63, 3.8) is 0 Å². The fraction of sp³-hybridized carbons (Fsp3) is 0.0667. The average molecular weight is 404 g/mol. The van der Waals surface area contributed by atoms with Gasteiger partial charge in [0.05, 0.1) is 36.7 Å². The van der Waals surface area contributed by atoms with Gasteiger partial charge in [0.2, 0.25) is 5.91 Å². The molecule has 0 spiro atoms. The number of fused-ring (bicyclic) bond motifs is 1. The summed E-state index contributed by atoms with van der Waals surface area (Å²) in [5.41, 5.74) is 1.38. The lowest BCUT2D eigenvalue weighted by Crippen LogP contribution is -2.14. The Morgan fingerprint density at radius 2 is 1.87 bits per heavy atom. The maximum atomic E-state index is 12.1. The van der Waals surface area contributed by atoms with Crippen molar-refractivity contribution < 1.29 is 4.79 Å². The second-order valence-electron chi connectivity index (χ2n) is 4.53. The molecule has 0 atom stereocenters. The molecule has 23 heavy (non-hydrogen) atoms. The van der Waals surface area contributed by atoms with Crippen LogP contribution < -0.4 is 5.32 Å². The van der Waals surface area contributed by atoms with Crippen molar-refractivity contribution in [2.75, 3.05) is 11.1 Å². The van der Waals surface area contributed by atoms with Gasteiger partial charge >= 0.3 is 0 Å². The third kappa shape index (κ3) is 4.11. The van der Waals surface area contributed by atoms with E-state index in [2.05, 4.69) is 10.3 Å². The Labute approximate surface area is 156 Å². The summed E-state index contributed by atoms with van der Waals surface area (Å²) in [7, 11) is 0. The van der Waals surface area contributed by atoms with E-state index in [1.54, 1.807) is 11.3 Å². The van der Waals surface area contributed by atoms with E-state index in [4.69, 9.17) is 34.8 Å². The normalized spacial score (nSPS) is 10.9. The summed E-state index contributed by atoms with van der Waals surface area (Å²) in [5, 5.41) is 3.75. The number of anilines is 1. The Hall–Kier alpha value is -0.980. The van der Waals surface area contributed by atoms with E-state index >= 15 is 0 Å². The highest BCUT2D eigenvalue weighted by Crippen LogP contribution is 2.33. The minimum atomic E-state index is -0.186. The molecule has 118 valence electrons. The number of carbonyl (C=O) groups is 1. The number of thioether (sulfide) groups is 1. The van der Waals surface area contributed by atoms with E-state index in [9.17, 15) is 4.79 Å². The van der Waals surface area contributed by atoms with Gasteiger partial charge in [0.1, 0.15) is 0 Å². The van der Waals surface area contributed by atoms with Gasteiger partial charge in [-0.1, -0.05) is 58.7 Å². The number of hydrogen-bond acceptors (Lipinski definition) is 4. The summed E-state index contributed by atoms with van der Waals surface area (Å²) in [6, 6.07) is 10.9. The molecule has 0 saturated heterocycles. The highest BCUT2D eigenvalue weighted by molar-refractivity contribution is 8.01. The van der Waals surface area contributed by atoms with Gasteiger partial charge in [0.25, 0.3) is 0 Å². The van der Waals surface area contributed by atoms with Gasteiger partial charge in [-0.05, 0) is 24.3 Å². The number of nitrogens with zero attached hydrogens (tertiary/aromatic N) is 1. The molecule has 0 saturated carbocycles. The summed E-state index contributed by atoms with van der Waals surface area (Å²) in [4.78, 5) is 16.5. The van der Waals surface area contributed by atoms with Crippen molar-refractivity contribution in [1.82, 2.24) is 4.98 Å². The van der Waals surface area contributed by atoms with Crippen LogP contribution in [-0.4, -0.2) is 16.6 Å². The largest absolute Gasteiger partial charge is 0.324 e. The average Bonchev–Trinajstić information content (AvgIpc) is 2.93. The smallest absolute Gasteiger partial charge is 0.234 e. The van der Waals surface area contributed by atoms with Gasteiger partial charge < -0.3 is 5.32 Å². The first-order chi connectivity index (χ1) is 11.0. The first-order valence-corrected chi connectivity index (χ1v) is 9.39. The van der Waals surface area contributed by atoms with Crippen molar-refractivity contribution in [2.24, 2.45) is 0 Å². The number of hydrogen-bond donors (Lipinski definition) is 1. The monoisotopic (exact) mass is 402 g/mol. The van der Waals surface area contributed by atoms with Crippen molar-refractivity contribution in [2.45, 2.75) is 4.34 Å². The van der Waals surface area contributed by atoms with Crippen molar-refractivity contribution >= 4 is 79.7 Å². The van der Waals surface area contributed by atoms with Crippen LogP contribution in [0.4, 0.5) is 5.69 Å². The van der Waals surface area contributed by atoms with Crippen LogP contribution >= 0.6 is 57.9 Å². The number of aromatic nitrogens is 1. The minimum Gasteiger partial charge on any atom is -0.324 e. The fourth-order valence-corrected chi connectivity index (χ4v) is 4.31. The molecule has 2 aromatic carbocycles. The second kappa shape index (κ2) is 7.28. The molecule has 3 aromatic rings. The van der Waals surface area contributed by atoms with Crippen molar-refractivity contribution in [3.05, 3.63) is 51.5 Å². The van der Waals surface area contributed by atoms with Crippen LogP contribution in [0.2, 0.25) is 15.1 Å². The Balaban J connectivity index is 1.64. The summed E-state index contributed by atoms with van der Waals surface area (Å²) < 4.78 is 1.95. The highest BCUT2D eigenvalue weighted by Gasteiger charge is 2.11. The SMILES string of the molecule is O=C(CSc1nc2ccccc2s1)Nc1cc(Cl)c(Cl)cc1Cl. The molecule has 0 aliphatic carbocycles. The number of rotatable bonds is 4. The molecule has 3 rings (SSSR count). The lowest BCUT2D eigenvalue weighted by molar-refractivity contribution is -0.113. The number of halogens is 3. The zero-order valence-electron chi connectivity index (χ0n) is 11.5. The van der Waals surface area contributed by atoms with Crippen LogP contribution in [-0.2, 0) is 4.79 Å². The van der Waals surface area contributed by atoms with Crippen molar-refractivity contribution in [3.8, 4) is 0 Å². The second-order valence-corrected chi connectivity index (χ2v) is 8.01. The standard InChI is InChI=1S/C15H9Cl3N2OS2/c16-8-5-10(18)12(6-9(8)17)19-14(21)7-22-15-20-11-3-1-2-4-13(11)23-15/h1-6H,7H2,(H,19,21). The number of para-hydroxylation sites is 1. The third-order valence-electron chi connectivity index (χ3n) is 2.89. The molecule has 0 fully saturated rings. The summed E-state index contributed by atoms with van der Waals surface area (Å²) in [6.07, 6.45) is 0. The van der Waals surface area contributed by atoms with Gasteiger partial charge in [-0.3, -0.25) is 4.79 Å². The first-order valence-electron chi connectivity index (χ1n) is 6.45. The fourth-order valence-electron chi connectivity index (χ4n) is 1.84. The van der Waals surface area contributed by atoms with Gasteiger partial charge in [-0.25, -0.2) is 4.98 Å². The summed E-state index contributed by atoms with van der Waals surface area (Å²) in [6.45, 7) is 0. The van der Waals surface area contributed by atoms with Gasteiger partial charge in [-0.15, -0.1) is 11.3 Å². The zero-order chi connectivity index (χ0) is 16.4. The van der Waals surface area contributed by atoms with Gasteiger partial charge in [-0.2, -0.15) is 0 Å². The molecule has 0 unspecified atom stereocenters. The van der Waals surface area contributed by atoms with E-state index in [-0.39, 0.29) is 11.7 Å². The van der Waals surface area contributed by atoms with E-state index in [0.717, 1.165) is 14.6 Å². The maximum Gasteiger partial charge on any atom is 0.234 e. The number of amides is 1. The molecular weight excluding hydrogens is 395 g/mol. The quantitative estimate of drug-likeness (QED) is 0.430. The molecule has 0 aliphatic heterocycles. The van der Waals surface area contributed by atoms with E-state index in [0.29, 0.717) is 20.8 Å². The Bertz CT molecular complexity index is 849. The first kappa shape index (κ1) is 16.9. The van der Waals surface area contributed by atoms with Crippen LogP contribution in [0.1, 0.15) is 0 Å². The Morgan fingerprint density at radius 1 is 1.13 bits per heavy atom. The Kier molecular flexibility index (Phi) is 5.34. The van der Waals surface area contributed by atoms with Crippen LogP contribution in [0.15, 0.2) is 40.7 Å². The maximum absolute atomic E-state index is 12.1. The molecule has 1 heterocycles. The number of benzene rings is 2. The van der Waals surface area contributed by atoms with E-state index < -0.39 is 0 Å². The molecule has 1 N–H and O–H groups in total. The molecule has 8 heteroatoms. The zero-order valence-corrected chi connectivity index (χ0v) is 15.4. The predicted molar refractivity (Wildman–Crippen MR) is 100 cm³/mol. The molecule has 0 radical (unpaired) electrons. The lowest BCUT2D eigenvalue weighted by Gasteiger charge is -2.08. The van der Waals surface area contributed by atoms with Gasteiger partial charge in [0, 0.05) is 0 Å². The highest BCUT2D eigenvalue weighted by atomic mass is 35.5. The number of thiazole rings is 1.